The molecule has 7 rings (SSSR count). The molecular formula is C40H40N2O9S2. The van der Waals surface area contributed by atoms with Gasteiger partial charge in [0, 0.05) is 52.1 Å². The van der Waals surface area contributed by atoms with E-state index in [9.17, 15) is 19.5 Å². The number of hydrogen-bond acceptors (Lipinski definition) is 11. The van der Waals surface area contributed by atoms with Crippen molar-refractivity contribution in [3.63, 3.8) is 0 Å². The van der Waals surface area contributed by atoms with Gasteiger partial charge in [-0.3, -0.25) is 4.79 Å². The Morgan fingerprint density at radius 2 is 1.72 bits per heavy atom. The van der Waals surface area contributed by atoms with Gasteiger partial charge in [-0.2, -0.15) is 0 Å². The van der Waals surface area contributed by atoms with Gasteiger partial charge >= 0.3 is 11.9 Å². The average Bonchev–Trinajstić information content (AvgIpc) is 3.77. The molecule has 0 fully saturated rings. The number of unbranched alkanes of at least 4 members (excludes halogenated alkanes) is 1. The Labute approximate surface area is 315 Å². The lowest BCUT2D eigenvalue weighted by molar-refractivity contribution is -0.134. The summed E-state index contributed by atoms with van der Waals surface area (Å²) >= 11 is 3.08. The molecule has 3 aliphatic rings. The molecule has 3 aliphatic heterocycles. The second kappa shape index (κ2) is 16.2. The summed E-state index contributed by atoms with van der Waals surface area (Å²) in [6.07, 6.45) is 2.20. The van der Waals surface area contributed by atoms with Crippen molar-refractivity contribution in [2.24, 2.45) is 0 Å². The number of esters is 1. The van der Waals surface area contributed by atoms with Gasteiger partial charge in [-0.25, -0.2) is 9.59 Å². The van der Waals surface area contributed by atoms with Crippen LogP contribution in [0, 0.1) is 0 Å². The second-order valence-electron chi connectivity index (χ2n) is 12.7. The summed E-state index contributed by atoms with van der Waals surface area (Å²) in [7, 11) is 1.73. The highest BCUT2D eigenvalue weighted by Gasteiger charge is 2.53. The fourth-order valence-corrected chi connectivity index (χ4v) is 8.88. The van der Waals surface area contributed by atoms with E-state index >= 15 is 0 Å². The Kier molecular flexibility index (Phi) is 11.4. The molecule has 3 unspecified atom stereocenters. The summed E-state index contributed by atoms with van der Waals surface area (Å²) in [4.78, 5) is 49.2. The van der Waals surface area contributed by atoms with E-state index in [1.54, 1.807) is 41.9 Å². The Morgan fingerprint density at radius 3 is 2.38 bits per heavy atom. The molecule has 1 amide bonds. The highest BCUT2D eigenvalue weighted by Crippen LogP contribution is 2.57. The van der Waals surface area contributed by atoms with E-state index in [4.69, 9.17) is 23.7 Å². The Morgan fingerprint density at radius 1 is 1.02 bits per heavy atom. The van der Waals surface area contributed by atoms with E-state index in [-0.39, 0.29) is 36.0 Å². The lowest BCUT2D eigenvalue weighted by atomic mass is 9.77. The van der Waals surface area contributed by atoms with Crippen LogP contribution in [-0.2, 0) is 31.1 Å². The third kappa shape index (κ3) is 7.36. The monoisotopic (exact) mass is 756 g/mol. The summed E-state index contributed by atoms with van der Waals surface area (Å²) in [6, 6.07) is 21.8. The van der Waals surface area contributed by atoms with E-state index in [2.05, 4.69) is 12.2 Å². The zero-order chi connectivity index (χ0) is 37.7. The molecule has 3 aromatic carbocycles. The predicted octanol–water partition coefficient (Wildman–Crippen LogP) is 6.78. The number of nitrogens with one attached hydrogen (secondary N) is 1. The van der Waals surface area contributed by atoms with Crippen LogP contribution in [-0.4, -0.2) is 72.1 Å². The Bertz CT molecular complexity index is 2030. The quantitative estimate of drug-likeness (QED) is 0.117. The van der Waals surface area contributed by atoms with Crippen LogP contribution in [0.25, 0.3) is 0 Å². The summed E-state index contributed by atoms with van der Waals surface area (Å²) in [5.74, 6) is 0.872. The maximum absolute atomic E-state index is 13.2. The number of carbonyl (C=O) groups excluding carboxylic acids is 3. The summed E-state index contributed by atoms with van der Waals surface area (Å²) in [5.41, 5.74) is 2.07. The van der Waals surface area contributed by atoms with E-state index < -0.39 is 17.5 Å². The first-order valence-electron chi connectivity index (χ1n) is 17.1. The highest BCUT2D eigenvalue weighted by atomic mass is 32.2. The maximum atomic E-state index is 13.2. The fourth-order valence-electron chi connectivity index (χ4n) is 6.90. The number of rotatable bonds is 12. The molecule has 0 bridgehead atoms. The minimum absolute atomic E-state index is 0.0264. The molecule has 13 heteroatoms. The van der Waals surface area contributed by atoms with Crippen LogP contribution < -0.4 is 19.5 Å². The smallest absolute Gasteiger partial charge is 0.352 e. The van der Waals surface area contributed by atoms with Gasteiger partial charge in [0.2, 0.25) is 5.91 Å². The van der Waals surface area contributed by atoms with Crippen LogP contribution in [0.2, 0.25) is 0 Å². The summed E-state index contributed by atoms with van der Waals surface area (Å²) in [5, 5.41) is 15.0. The van der Waals surface area contributed by atoms with Gasteiger partial charge in [0.1, 0.15) is 42.1 Å². The standard InChI is InChI=1S/C39H38N2O8S2.CH2O/c1-4-5-16-46-25-12-14-30-32(18-25)48-33-19-26(13-15-31(33)39(30)29-11-7-6-10-28(29)38(45)49-39)47-21-24-22-51-36(41(3)35(24)37(43)44)23(2)40-34(42)20-27-9-8-17-50-27;1-2/h6-15,17-19,23,36H,4-5,16,20-22H2,1-3H3,(H,40,42)(H,43,44);1H2. The largest absolute Gasteiger partial charge is 0.493 e. The van der Waals surface area contributed by atoms with Crippen molar-refractivity contribution < 1.29 is 43.2 Å². The normalized spacial score (nSPS) is 18.7. The third-order valence-electron chi connectivity index (χ3n) is 9.27. The van der Waals surface area contributed by atoms with Gasteiger partial charge in [-0.15, -0.1) is 23.1 Å². The Hall–Kier alpha value is -5.27. The maximum Gasteiger partial charge on any atom is 0.352 e. The van der Waals surface area contributed by atoms with Crippen LogP contribution in [0.1, 0.15) is 58.6 Å². The molecule has 0 saturated carbocycles. The zero-order valence-corrected chi connectivity index (χ0v) is 31.2. The van der Waals surface area contributed by atoms with Crippen molar-refractivity contribution in [1.82, 2.24) is 10.2 Å². The van der Waals surface area contributed by atoms with Gasteiger partial charge in [-0.1, -0.05) is 37.6 Å². The Balaban J connectivity index is 0.00000236. The first-order valence-corrected chi connectivity index (χ1v) is 19.1. The lowest BCUT2D eigenvalue weighted by Crippen LogP contribution is -2.50. The number of ether oxygens (including phenoxy) is 4. The van der Waals surface area contributed by atoms with Gasteiger partial charge < -0.3 is 39.1 Å². The van der Waals surface area contributed by atoms with Gasteiger partial charge in [0.05, 0.1) is 30.0 Å². The number of carboxylic acids is 1. The number of nitrogens with zero attached hydrogens (tertiary/aromatic N) is 1. The van der Waals surface area contributed by atoms with E-state index in [0.29, 0.717) is 57.6 Å². The average molecular weight is 757 g/mol. The number of fused-ring (bicyclic) bond motifs is 6. The van der Waals surface area contributed by atoms with E-state index in [1.807, 2.05) is 73.7 Å². The van der Waals surface area contributed by atoms with Gasteiger partial charge in [0.15, 0.2) is 5.60 Å². The van der Waals surface area contributed by atoms with Crippen LogP contribution in [0.5, 0.6) is 23.0 Å². The molecule has 3 atom stereocenters. The number of amides is 1. The first kappa shape index (κ1) is 37.5. The molecule has 0 saturated heterocycles. The van der Waals surface area contributed by atoms with Gasteiger partial charge in [-0.05, 0) is 55.1 Å². The molecule has 11 nitrogen and oxygen atoms in total. The van der Waals surface area contributed by atoms with Crippen LogP contribution in [0.4, 0.5) is 0 Å². The molecule has 2 N–H and O–H groups in total. The number of hydrogen-bond donors (Lipinski definition) is 2. The number of aliphatic carboxylic acids is 1. The van der Waals surface area contributed by atoms with Crippen molar-refractivity contribution in [2.45, 2.75) is 50.1 Å². The second-order valence-corrected chi connectivity index (χ2v) is 14.8. The molecule has 0 radical (unpaired) electrons. The molecule has 276 valence electrons. The first-order chi connectivity index (χ1) is 25.7. The minimum atomic E-state index is -1.23. The third-order valence-corrected chi connectivity index (χ3v) is 11.7. The highest BCUT2D eigenvalue weighted by molar-refractivity contribution is 8.00. The number of benzene rings is 3. The van der Waals surface area contributed by atoms with Crippen molar-refractivity contribution in [2.75, 3.05) is 26.0 Å². The summed E-state index contributed by atoms with van der Waals surface area (Å²) < 4.78 is 25.0. The number of thiophene rings is 1. The fraction of sp³-hybridized carbons (Fsp3) is 0.300. The van der Waals surface area contributed by atoms with E-state index in [1.165, 1.54) is 11.3 Å². The molecule has 0 aliphatic carbocycles. The van der Waals surface area contributed by atoms with Crippen LogP contribution >= 0.6 is 23.1 Å². The van der Waals surface area contributed by atoms with Gasteiger partial charge in [0.25, 0.3) is 0 Å². The van der Waals surface area contributed by atoms with Crippen molar-refractivity contribution >= 4 is 47.7 Å². The molecule has 1 aromatic heterocycles. The molecule has 53 heavy (non-hydrogen) atoms. The predicted molar refractivity (Wildman–Crippen MR) is 202 cm³/mol. The number of thioether (sulfide) groups is 1. The topological polar surface area (TPSA) is 141 Å². The number of carbonyl (C=O) groups is 4. The van der Waals surface area contributed by atoms with Crippen molar-refractivity contribution in [3.05, 3.63) is 117 Å². The van der Waals surface area contributed by atoms with Crippen LogP contribution in [0.15, 0.2) is 89.4 Å². The molecule has 4 aromatic rings. The van der Waals surface area contributed by atoms with Crippen molar-refractivity contribution in [3.8, 4) is 23.0 Å². The zero-order valence-electron chi connectivity index (χ0n) is 29.6. The summed E-state index contributed by atoms with van der Waals surface area (Å²) in [6.45, 7) is 6.58. The number of carboxylic acid groups (broad SMARTS) is 1. The minimum Gasteiger partial charge on any atom is -0.493 e. The molecular weight excluding hydrogens is 717 g/mol. The lowest BCUT2D eigenvalue weighted by Gasteiger charge is -2.39. The van der Waals surface area contributed by atoms with E-state index in [0.717, 1.165) is 23.3 Å². The SMILES string of the molecule is C=O.CCCCOc1ccc2c(c1)Oc1cc(OCC3=C(C(=O)O)N(C)C(C(C)NC(=O)Cc4cccs4)SC3)ccc1C21OC(=O)c2ccccc21. The number of likely N-dealkylation sites (N-methyl/N-ethyl adjacent to an activating group) is 1. The van der Waals surface area contributed by atoms with Crippen LogP contribution in [0.3, 0.4) is 0 Å². The van der Waals surface area contributed by atoms with Crippen molar-refractivity contribution in [1.29, 1.82) is 0 Å². The molecule has 1 spiro atoms. The molecule has 4 heterocycles.